The highest BCUT2D eigenvalue weighted by Crippen LogP contribution is 2.42. The van der Waals surface area contributed by atoms with E-state index in [1.54, 1.807) is 13.0 Å². The highest BCUT2D eigenvalue weighted by molar-refractivity contribution is 5.97. The molecule has 2 aliphatic rings. The summed E-state index contributed by atoms with van der Waals surface area (Å²) in [7, 11) is 0. The smallest absolute Gasteiger partial charge is 0.278 e. The van der Waals surface area contributed by atoms with Crippen molar-refractivity contribution in [3.05, 3.63) is 58.7 Å². The van der Waals surface area contributed by atoms with Gasteiger partial charge in [-0.15, -0.1) is 0 Å². The summed E-state index contributed by atoms with van der Waals surface area (Å²) in [5.74, 6) is -2.95. The topological polar surface area (TPSA) is 53.4 Å². The van der Waals surface area contributed by atoms with Gasteiger partial charge in [-0.1, -0.05) is 45.9 Å². The van der Waals surface area contributed by atoms with Crippen molar-refractivity contribution in [2.75, 3.05) is 18.4 Å². The van der Waals surface area contributed by atoms with Crippen LogP contribution in [0.5, 0.6) is 0 Å². The maximum atomic E-state index is 15.4. The van der Waals surface area contributed by atoms with Crippen LogP contribution in [0.4, 0.5) is 24.7 Å². The van der Waals surface area contributed by atoms with Gasteiger partial charge in [0.1, 0.15) is 23.3 Å². The van der Waals surface area contributed by atoms with E-state index in [0.29, 0.717) is 11.6 Å². The minimum absolute atomic E-state index is 0.0870. The van der Waals surface area contributed by atoms with Gasteiger partial charge in [0.25, 0.3) is 5.92 Å². The normalized spacial score (nSPS) is 18.2. The van der Waals surface area contributed by atoms with Crippen LogP contribution in [-0.2, 0) is 12.3 Å². The first-order chi connectivity index (χ1) is 18.4. The summed E-state index contributed by atoms with van der Waals surface area (Å²) in [6, 6.07) is 7.69. The Morgan fingerprint density at radius 1 is 1.03 bits per heavy atom. The van der Waals surface area contributed by atoms with Crippen molar-refractivity contribution in [1.29, 1.82) is 0 Å². The van der Waals surface area contributed by atoms with Crippen molar-refractivity contribution in [2.45, 2.75) is 79.2 Å². The van der Waals surface area contributed by atoms with E-state index in [9.17, 15) is 8.78 Å². The lowest BCUT2D eigenvalue weighted by molar-refractivity contribution is -0.0545. The maximum Gasteiger partial charge on any atom is 0.278 e. The number of hydrogen-bond acceptors (Lipinski definition) is 5. The molecule has 1 N–H and O–H groups in total. The van der Waals surface area contributed by atoms with Gasteiger partial charge in [0, 0.05) is 35.4 Å². The molecule has 2 aromatic carbocycles. The van der Waals surface area contributed by atoms with E-state index in [-0.39, 0.29) is 11.0 Å². The van der Waals surface area contributed by atoms with Gasteiger partial charge in [-0.3, -0.25) is 0 Å². The predicted octanol–water partition coefficient (Wildman–Crippen LogP) is 8.10. The lowest BCUT2D eigenvalue weighted by Gasteiger charge is -2.40. The van der Waals surface area contributed by atoms with Gasteiger partial charge in [-0.05, 0) is 57.2 Å². The molecule has 5 rings (SSSR count). The van der Waals surface area contributed by atoms with Crippen LogP contribution in [0.2, 0.25) is 0 Å². The molecular weight excluding hydrogens is 499 g/mol. The molecule has 0 spiro atoms. The molecule has 39 heavy (non-hydrogen) atoms. The standard InChI is InChI=1S/C31H38F3N5/c1-18(2)31(33,34)24-12-10-11-22(27(24)32)19(3)35-28-23-16-25-21(15-26(23)36-20(4)37-28)17-30(5,6)29(38-25)39-13-8-7-9-14-39/h10-12,15-16,18-19H,7-9,13-14,17H2,1-6H3,(H,35,36,37)/t19-/m1/s1. The van der Waals surface area contributed by atoms with E-state index in [1.165, 1.54) is 45.2 Å². The Kier molecular flexibility index (Phi) is 7.10. The molecule has 0 aliphatic carbocycles. The van der Waals surface area contributed by atoms with Crippen molar-refractivity contribution in [3.8, 4) is 0 Å². The average molecular weight is 538 g/mol. The minimum atomic E-state index is -3.27. The summed E-state index contributed by atoms with van der Waals surface area (Å²) < 4.78 is 44.9. The third-order valence-electron chi connectivity index (χ3n) is 8.06. The van der Waals surface area contributed by atoms with Gasteiger partial charge in [0.15, 0.2) is 0 Å². The third-order valence-corrected chi connectivity index (χ3v) is 8.06. The lowest BCUT2D eigenvalue weighted by atomic mass is 9.80. The van der Waals surface area contributed by atoms with Crippen molar-refractivity contribution in [1.82, 2.24) is 14.9 Å². The van der Waals surface area contributed by atoms with Gasteiger partial charge < -0.3 is 10.2 Å². The summed E-state index contributed by atoms with van der Waals surface area (Å²) in [4.78, 5) is 16.9. The molecule has 0 unspecified atom stereocenters. The molecule has 1 saturated heterocycles. The van der Waals surface area contributed by atoms with Crippen molar-refractivity contribution < 1.29 is 13.2 Å². The monoisotopic (exact) mass is 537 g/mol. The van der Waals surface area contributed by atoms with Gasteiger partial charge in [-0.2, -0.15) is 0 Å². The Bertz CT molecular complexity index is 1420. The largest absolute Gasteiger partial charge is 0.363 e. The van der Waals surface area contributed by atoms with E-state index in [0.717, 1.165) is 47.5 Å². The molecule has 0 saturated carbocycles. The highest BCUT2D eigenvalue weighted by Gasteiger charge is 2.39. The number of benzene rings is 2. The molecular formula is C31H38F3N5. The zero-order valence-electron chi connectivity index (χ0n) is 23.7. The number of aryl methyl sites for hydroxylation is 1. The number of anilines is 1. The average Bonchev–Trinajstić information content (AvgIpc) is 2.87. The predicted molar refractivity (Wildman–Crippen MR) is 151 cm³/mol. The summed E-state index contributed by atoms with van der Waals surface area (Å²) in [5, 5.41) is 4.07. The van der Waals surface area contributed by atoms with Gasteiger partial charge in [0.05, 0.1) is 22.8 Å². The fourth-order valence-corrected chi connectivity index (χ4v) is 5.84. The molecule has 0 radical (unpaired) electrons. The minimum Gasteiger partial charge on any atom is -0.363 e. The quantitative estimate of drug-likeness (QED) is 0.357. The number of nitrogens with one attached hydrogen (secondary N) is 1. The number of amidine groups is 1. The molecule has 3 heterocycles. The summed E-state index contributed by atoms with van der Waals surface area (Å²) in [5.41, 5.74) is 2.32. The number of aliphatic imine (C=N–C) groups is 1. The first-order valence-corrected chi connectivity index (χ1v) is 14.0. The van der Waals surface area contributed by atoms with Crippen LogP contribution >= 0.6 is 0 Å². The van der Waals surface area contributed by atoms with Gasteiger partial charge in [-0.25, -0.2) is 28.1 Å². The zero-order valence-corrected chi connectivity index (χ0v) is 23.7. The van der Waals surface area contributed by atoms with E-state index >= 15 is 4.39 Å². The van der Waals surface area contributed by atoms with Crippen molar-refractivity contribution in [2.24, 2.45) is 16.3 Å². The fraction of sp³-hybridized carbons (Fsp3) is 0.516. The van der Waals surface area contributed by atoms with Crippen LogP contribution in [0.15, 0.2) is 35.3 Å². The Morgan fingerprint density at radius 2 is 1.74 bits per heavy atom. The van der Waals surface area contributed by atoms with E-state index in [2.05, 4.69) is 40.1 Å². The number of piperidine rings is 1. The molecule has 0 bridgehead atoms. The first kappa shape index (κ1) is 27.4. The molecule has 208 valence electrons. The van der Waals surface area contributed by atoms with Gasteiger partial charge >= 0.3 is 0 Å². The Balaban J connectivity index is 1.54. The van der Waals surface area contributed by atoms with Crippen LogP contribution in [-0.4, -0.2) is 33.8 Å². The highest BCUT2D eigenvalue weighted by atomic mass is 19.3. The summed E-state index contributed by atoms with van der Waals surface area (Å²) in [6.07, 6.45) is 4.48. The first-order valence-electron chi connectivity index (χ1n) is 14.0. The van der Waals surface area contributed by atoms with Crippen molar-refractivity contribution in [3.63, 3.8) is 0 Å². The van der Waals surface area contributed by atoms with Gasteiger partial charge in [0.2, 0.25) is 0 Å². The number of rotatable bonds is 5. The molecule has 5 nitrogen and oxygen atoms in total. The second-order valence-corrected chi connectivity index (χ2v) is 12.0. The van der Waals surface area contributed by atoms with Crippen molar-refractivity contribution >= 4 is 28.2 Å². The molecule has 1 atom stereocenters. The second-order valence-electron chi connectivity index (χ2n) is 12.0. The number of alkyl halides is 2. The third kappa shape index (κ3) is 5.10. The molecule has 8 heteroatoms. The molecule has 1 fully saturated rings. The Labute approximate surface area is 229 Å². The van der Waals surface area contributed by atoms with E-state index < -0.39 is 29.3 Å². The second kappa shape index (κ2) is 10.1. The Hall–Kier alpha value is -3.16. The van der Waals surface area contributed by atoms with E-state index in [1.807, 2.05) is 13.0 Å². The molecule has 1 aromatic heterocycles. The molecule has 2 aliphatic heterocycles. The SMILES string of the molecule is Cc1nc(N[C@H](C)c2cccc(C(F)(F)C(C)C)c2F)c2cc3c(cc2n1)CC(C)(C)C(N1CCCCC1)=N3. The van der Waals surface area contributed by atoms with Crippen LogP contribution in [0.25, 0.3) is 10.9 Å². The maximum absolute atomic E-state index is 15.4. The number of nitrogens with zero attached hydrogens (tertiary/aromatic N) is 4. The van der Waals surface area contributed by atoms with E-state index in [4.69, 9.17) is 4.99 Å². The Morgan fingerprint density at radius 3 is 2.44 bits per heavy atom. The summed E-state index contributed by atoms with van der Waals surface area (Å²) >= 11 is 0. The van der Waals surface area contributed by atoms with Crippen LogP contribution in [0.1, 0.15) is 82.4 Å². The van der Waals surface area contributed by atoms with Crippen LogP contribution < -0.4 is 5.32 Å². The van der Waals surface area contributed by atoms with Crippen LogP contribution in [0.3, 0.4) is 0 Å². The zero-order chi connectivity index (χ0) is 28.1. The molecule has 3 aromatic rings. The fourth-order valence-electron chi connectivity index (χ4n) is 5.84. The number of fused-ring (bicyclic) bond motifs is 2. The summed E-state index contributed by atoms with van der Waals surface area (Å²) in [6.45, 7) is 12.9. The lowest BCUT2D eigenvalue weighted by Crippen LogP contribution is -2.45. The van der Waals surface area contributed by atoms with Crippen LogP contribution in [0, 0.1) is 24.1 Å². The number of aromatic nitrogens is 2. The number of hydrogen-bond donors (Lipinski definition) is 1. The number of halogens is 3. The molecule has 0 amide bonds. The number of likely N-dealkylation sites (tertiary alicyclic amines) is 1.